The molecule has 0 aliphatic carbocycles. The van der Waals surface area contributed by atoms with E-state index in [1.54, 1.807) is 0 Å². The van der Waals surface area contributed by atoms with Crippen LogP contribution in [0.1, 0.15) is 11.1 Å². The molecule has 19 heavy (non-hydrogen) atoms. The SMILES string of the molecule is O=CC1NCc2ccccc2N1Cc1ccccc1. The number of fused-ring (bicyclic) bond motifs is 1. The van der Waals surface area contributed by atoms with Crippen LogP contribution in [0.5, 0.6) is 0 Å². The first-order chi connectivity index (χ1) is 9.38. The summed E-state index contributed by atoms with van der Waals surface area (Å²) in [4.78, 5) is 13.4. The zero-order valence-electron chi connectivity index (χ0n) is 10.6. The van der Waals surface area contributed by atoms with Gasteiger partial charge in [0.15, 0.2) is 6.29 Å². The van der Waals surface area contributed by atoms with Gasteiger partial charge in [-0.05, 0) is 17.2 Å². The third-order valence-corrected chi connectivity index (χ3v) is 3.46. The summed E-state index contributed by atoms with van der Waals surface area (Å²) < 4.78 is 0. The summed E-state index contributed by atoms with van der Waals surface area (Å²) in [5.74, 6) is 0. The molecule has 2 aromatic carbocycles. The second-order valence-corrected chi connectivity index (χ2v) is 4.70. The Labute approximate surface area is 112 Å². The number of benzene rings is 2. The lowest BCUT2D eigenvalue weighted by molar-refractivity contribution is -0.109. The molecule has 0 spiro atoms. The highest BCUT2D eigenvalue weighted by Gasteiger charge is 2.24. The van der Waals surface area contributed by atoms with Crippen LogP contribution in [0.25, 0.3) is 0 Å². The molecule has 0 aromatic heterocycles. The third kappa shape index (κ3) is 2.37. The minimum atomic E-state index is -0.255. The molecule has 2 aromatic rings. The maximum Gasteiger partial charge on any atom is 0.157 e. The molecule has 0 bridgehead atoms. The number of nitrogens with one attached hydrogen (secondary N) is 1. The molecule has 1 aliphatic rings. The number of aldehydes is 1. The Hall–Kier alpha value is -2.13. The first kappa shape index (κ1) is 11.9. The van der Waals surface area contributed by atoms with Crippen LogP contribution in [-0.2, 0) is 17.9 Å². The van der Waals surface area contributed by atoms with E-state index in [9.17, 15) is 4.79 Å². The molecular weight excluding hydrogens is 236 g/mol. The number of nitrogens with zero attached hydrogens (tertiary/aromatic N) is 1. The Balaban J connectivity index is 1.94. The van der Waals surface area contributed by atoms with Crippen LogP contribution >= 0.6 is 0 Å². The summed E-state index contributed by atoms with van der Waals surface area (Å²) in [7, 11) is 0. The molecule has 1 atom stereocenters. The van der Waals surface area contributed by atoms with E-state index in [-0.39, 0.29) is 6.17 Å². The highest BCUT2D eigenvalue weighted by Crippen LogP contribution is 2.27. The van der Waals surface area contributed by atoms with Gasteiger partial charge < -0.3 is 4.90 Å². The molecule has 3 rings (SSSR count). The Bertz CT molecular complexity index is 568. The van der Waals surface area contributed by atoms with Crippen LogP contribution < -0.4 is 10.2 Å². The number of para-hydroxylation sites is 1. The van der Waals surface area contributed by atoms with Gasteiger partial charge in [-0.1, -0.05) is 48.5 Å². The molecule has 1 unspecified atom stereocenters. The van der Waals surface area contributed by atoms with Crippen molar-refractivity contribution in [3.63, 3.8) is 0 Å². The maximum atomic E-state index is 11.3. The number of anilines is 1. The van der Waals surface area contributed by atoms with Crippen LogP contribution in [0.3, 0.4) is 0 Å². The molecule has 0 radical (unpaired) electrons. The van der Waals surface area contributed by atoms with Gasteiger partial charge in [0.25, 0.3) is 0 Å². The van der Waals surface area contributed by atoms with Crippen molar-refractivity contribution in [2.45, 2.75) is 19.3 Å². The number of carbonyl (C=O) groups is 1. The molecular formula is C16H16N2O. The third-order valence-electron chi connectivity index (χ3n) is 3.46. The van der Waals surface area contributed by atoms with Crippen LogP contribution in [-0.4, -0.2) is 12.5 Å². The molecule has 1 N–H and O–H groups in total. The average molecular weight is 252 g/mol. The molecule has 1 aliphatic heterocycles. The Kier molecular flexibility index (Phi) is 3.29. The smallest absolute Gasteiger partial charge is 0.157 e. The first-order valence-electron chi connectivity index (χ1n) is 6.45. The van der Waals surface area contributed by atoms with Gasteiger partial charge in [-0.25, -0.2) is 0 Å². The molecule has 0 fully saturated rings. The zero-order chi connectivity index (χ0) is 13.1. The second-order valence-electron chi connectivity index (χ2n) is 4.70. The summed E-state index contributed by atoms with van der Waals surface area (Å²) >= 11 is 0. The minimum Gasteiger partial charge on any atom is -0.345 e. The standard InChI is InChI=1S/C16H16N2O/c19-12-16-17-10-14-8-4-5-9-15(14)18(16)11-13-6-2-1-3-7-13/h1-9,12,16-17H,10-11H2. The predicted molar refractivity (Wildman–Crippen MR) is 75.8 cm³/mol. The quantitative estimate of drug-likeness (QED) is 0.851. The molecule has 3 heteroatoms. The molecule has 3 nitrogen and oxygen atoms in total. The Morgan fingerprint density at radius 2 is 1.84 bits per heavy atom. The highest BCUT2D eigenvalue weighted by molar-refractivity contribution is 5.69. The van der Waals surface area contributed by atoms with Crippen LogP contribution in [0.15, 0.2) is 54.6 Å². The summed E-state index contributed by atoms with van der Waals surface area (Å²) in [6.45, 7) is 1.47. The van der Waals surface area contributed by atoms with Gasteiger partial charge in [0.05, 0.1) is 0 Å². The van der Waals surface area contributed by atoms with E-state index >= 15 is 0 Å². The fraction of sp³-hybridized carbons (Fsp3) is 0.188. The summed E-state index contributed by atoms with van der Waals surface area (Å²) in [6, 6.07) is 18.4. The zero-order valence-corrected chi connectivity index (χ0v) is 10.6. The van der Waals surface area contributed by atoms with Crippen LogP contribution in [0, 0.1) is 0 Å². The maximum absolute atomic E-state index is 11.3. The fourth-order valence-electron chi connectivity index (χ4n) is 2.50. The first-order valence-corrected chi connectivity index (χ1v) is 6.45. The van der Waals surface area contributed by atoms with Crippen molar-refractivity contribution in [3.05, 3.63) is 65.7 Å². The van der Waals surface area contributed by atoms with Crippen molar-refractivity contribution in [2.24, 2.45) is 0 Å². The second kappa shape index (κ2) is 5.24. The molecule has 96 valence electrons. The topological polar surface area (TPSA) is 32.3 Å². The fourth-order valence-corrected chi connectivity index (χ4v) is 2.50. The number of rotatable bonds is 3. The van der Waals surface area contributed by atoms with E-state index in [0.29, 0.717) is 0 Å². The van der Waals surface area contributed by atoms with E-state index in [1.165, 1.54) is 11.1 Å². The summed E-state index contributed by atoms with van der Waals surface area (Å²) in [5, 5.41) is 3.25. The lowest BCUT2D eigenvalue weighted by Gasteiger charge is -2.36. The van der Waals surface area contributed by atoms with Gasteiger partial charge in [0, 0.05) is 18.8 Å². The van der Waals surface area contributed by atoms with Gasteiger partial charge in [0.2, 0.25) is 0 Å². The van der Waals surface area contributed by atoms with Gasteiger partial charge in [-0.3, -0.25) is 10.1 Å². The molecule has 1 heterocycles. The van der Waals surface area contributed by atoms with Gasteiger partial charge in [-0.15, -0.1) is 0 Å². The van der Waals surface area contributed by atoms with Gasteiger partial charge in [-0.2, -0.15) is 0 Å². The van der Waals surface area contributed by atoms with E-state index in [2.05, 4.69) is 34.5 Å². The van der Waals surface area contributed by atoms with E-state index in [4.69, 9.17) is 0 Å². The van der Waals surface area contributed by atoms with Crippen LogP contribution in [0.2, 0.25) is 0 Å². The lowest BCUT2D eigenvalue weighted by atomic mass is 10.1. The normalized spacial score (nSPS) is 17.9. The largest absolute Gasteiger partial charge is 0.345 e. The van der Waals surface area contributed by atoms with E-state index in [0.717, 1.165) is 25.1 Å². The minimum absolute atomic E-state index is 0.255. The van der Waals surface area contributed by atoms with Crippen molar-refractivity contribution in [3.8, 4) is 0 Å². The van der Waals surface area contributed by atoms with Crippen molar-refractivity contribution in [1.29, 1.82) is 0 Å². The molecule has 0 saturated carbocycles. The average Bonchev–Trinajstić information content (AvgIpc) is 2.49. The number of hydrogen-bond acceptors (Lipinski definition) is 3. The Morgan fingerprint density at radius 3 is 2.63 bits per heavy atom. The molecule has 0 saturated heterocycles. The Morgan fingerprint density at radius 1 is 1.11 bits per heavy atom. The van der Waals surface area contributed by atoms with E-state index in [1.807, 2.05) is 30.3 Å². The van der Waals surface area contributed by atoms with E-state index < -0.39 is 0 Å². The van der Waals surface area contributed by atoms with Gasteiger partial charge in [0.1, 0.15) is 6.17 Å². The number of carbonyl (C=O) groups excluding carboxylic acids is 1. The van der Waals surface area contributed by atoms with Crippen molar-refractivity contribution < 1.29 is 4.79 Å². The summed E-state index contributed by atoms with van der Waals surface area (Å²) in [6.07, 6.45) is 0.717. The highest BCUT2D eigenvalue weighted by atomic mass is 16.1. The van der Waals surface area contributed by atoms with Crippen molar-refractivity contribution >= 4 is 12.0 Å². The van der Waals surface area contributed by atoms with Crippen LogP contribution in [0.4, 0.5) is 5.69 Å². The number of hydrogen-bond donors (Lipinski definition) is 1. The summed E-state index contributed by atoms with van der Waals surface area (Å²) in [5.41, 5.74) is 3.58. The van der Waals surface area contributed by atoms with Gasteiger partial charge >= 0.3 is 0 Å². The van der Waals surface area contributed by atoms with Crippen molar-refractivity contribution in [1.82, 2.24) is 5.32 Å². The molecule has 0 amide bonds. The lowest BCUT2D eigenvalue weighted by Crippen LogP contribution is -2.50. The predicted octanol–water partition coefficient (Wildman–Crippen LogP) is 2.32. The monoisotopic (exact) mass is 252 g/mol. The van der Waals surface area contributed by atoms with Crippen molar-refractivity contribution in [2.75, 3.05) is 4.90 Å².